The molecule has 17 heavy (non-hydrogen) atoms. The van der Waals surface area contributed by atoms with Gasteiger partial charge in [-0.15, -0.1) is 0 Å². The van der Waals surface area contributed by atoms with E-state index in [0.29, 0.717) is 11.7 Å². The van der Waals surface area contributed by atoms with Crippen molar-refractivity contribution in [3.05, 3.63) is 0 Å². The molecule has 0 aromatic carbocycles. The van der Waals surface area contributed by atoms with Crippen molar-refractivity contribution in [1.82, 2.24) is 5.32 Å². The summed E-state index contributed by atoms with van der Waals surface area (Å²) in [5.41, 5.74) is 0.142. The van der Waals surface area contributed by atoms with Gasteiger partial charge in [0, 0.05) is 17.5 Å². The zero-order valence-electron chi connectivity index (χ0n) is 12.0. The van der Waals surface area contributed by atoms with Crippen molar-refractivity contribution in [2.24, 2.45) is 5.92 Å². The number of nitrogens with one attached hydrogen (secondary N) is 1. The van der Waals surface area contributed by atoms with Crippen LogP contribution in [0.4, 0.5) is 0 Å². The molecular weight excluding hydrogens is 234 g/mol. The molecule has 0 spiro atoms. The maximum Gasteiger partial charge on any atom is 0.147 e. The van der Waals surface area contributed by atoms with Gasteiger partial charge < -0.3 is 5.32 Å². The first kappa shape index (κ1) is 16.9. The predicted molar refractivity (Wildman–Crippen MR) is 75.1 cm³/mol. The van der Waals surface area contributed by atoms with Gasteiger partial charge in [0.15, 0.2) is 0 Å². The molecule has 1 atom stereocenters. The van der Waals surface area contributed by atoms with E-state index in [1.54, 1.807) is 0 Å². The van der Waals surface area contributed by atoms with Gasteiger partial charge in [0.25, 0.3) is 0 Å². The Morgan fingerprint density at radius 3 is 2.18 bits per heavy atom. The molecule has 0 amide bonds. The number of rotatable bonds is 8. The van der Waals surface area contributed by atoms with Crippen LogP contribution in [0.25, 0.3) is 0 Å². The fraction of sp³-hybridized carbons (Fsp3) is 1.00. The summed E-state index contributed by atoms with van der Waals surface area (Å²) in [6, 6.07) is 0. The monoisotopic (exact) mass is 263 g/mol. The first-order valence-electron chi connectivity index (χ1n) is 6.57. The van der Waals surface area contributed by atoms with Crippen molar-refractivity contribution in [2.45, 2.75) is 58.9 Å². The van der Waals surface area contributed by atoms with Crippen molar-refractivity contribution in [3.8, 4) is 0 Å². The minimum Gasteiger partial charge on any atom is -0.312 e. The Morgan fingerprint density at radius 1 is 1.18 bits per heavy atom. The molecule has 3 nitrogen and oxygen atoms in total. The minimum atomic E-state index is -2.80. The maximum absolute atomic E-state index is 11.1. The van der Waals surface area contributed by atoms with Crippen LogP contribution in [-0.4, -0.2) is 32.5 Å². The van der Waals surface area contributed by atoms with Gasteiger partial charge in [0.1, 0.15) is 9.84 Å². The van der Waals surface area contributed by atoms with E-state index in [1.165, 1.54) is 12.7 Å². The molecule has 0 aromatic heterocycles. The molecule has 0 aliphatic heterocycles. The van der Waals surface area contributed by atoms with Crippen molar-refractivity contribution < 1.29 is 8.42 Å². The molecule has 0 fully saturated rings. The quantitative estimate of drug-likeness (QED) is 0.732. The van der Waals surface area contributed by atoms with E-state index in [9.17, 15) is 8.42 Å². The molecule has 1 unspecified atom stereocenters. The van der Waals surface area contributed by atoms with Gasteiger partial charge in [0.2, 0.25) is 0 Å². The molecule has 104 valence electrons. The van der Waals surface area contributed by atoms with Gasteiger partial charge in [-0.1, -0.05) is 13.3 Å². The minimum absolute atomic E-state index is 0.142. The van der Waals surface area contributed by atoms with Crippen LogP contribution in [0.3, 0.4) is 0 Å². The Hall–Kier alpha value is -0.0900. The lowest BCUT2D eigenvalue weighted by atomic mass is 9.97. The number of hydrogen-bond donors (Lipinski definition) is 1. The van der Waals surface area contributed by atoms with Gasteiger partial charge in [0.05, 0.1) is 0 Å². The van der Waals surface area contributed by atoms with Gasteiger partial charge in [-0.2, -0.15) is 0 Å². The standard InChI is InChI=1S/C13H29NO2S/c1-6-8-12(11-14-13(2,3)4)9-7-10-17(5,15)16/h12,14H,6-11H2,1-5H3. The molecule has 0 rings (SSSR count). The zero-order chi connectivity index (χ0) is 13.5. The second-order valence-corrected chi connectivity index (χ2v) is 8.32. The lowest BCUT2D eigenvalue weighted by Gasteiger charge is -2.25. The summed E-state index contributed by atoms with van der Waals surface area (Å²) < 4.78 is 22.1. The summed E-state index contributed by atoms with van der Waals surface area (Å²) in [6.07, 6.45) is 5.44. The van der Waals surface area contributed by atoms with Crippen LogP contribution in [-0.2, 0) is 9.84 Å². The smallest absolute Gasteiger partial charge is 0.147 e. The lowest BCUT2D eigenvalue weighted by Crippen LogP contribution is -2.39. The van der Waals surface area contributed by atoms with Gasteiger partial charge in [-0.3, -0.25) is 0 Å². The molecule has 0 saturated carbocycles. The topological polar surface area (TPSA) is 46.2 Å². The lowest BCUT2D eigenvalue weighted by molar-refractivity contribution is 0.342. The Kier molecular flexibility index (Phi) is 7.33. The highest BCUT2D eigenvalue weighted by atomic mass is 32.2. The molecule has 1 N–H and O–H groups in total. The third-order valence-corrected chi connectivity index (χ3v) is 3.78. The molecule has 0 aliphatic carbocycles. The molecule has 0 heterocycles. The summed E-state index contributed by atoms with van der Waals surface area (Å²) in [5.74, 6) is 0.920. The summed E-state index contributed by atoms with van der Waals surface area (Å²) in [7, 11) is -2.80. The van der Waals surface area contributed by atoms with Crippen LogP contribution < -0.4 is 5.32 Å². The number of sulfone groups is 1. The summed E-state index contributed by atoms with van der Waals surface area (Å²) in [6.45, 7) is 9.65. The van der Waals surface area contributed by atoms with Crippen LogP contribution in [0.1, 0.15) is 53.4 Å². The highest BCUT2D eigenvalue weighted by Crippen LogP contribution is 2.14. The largest absolute Gasteiger partial charge is 0.312 e. The first-order valence-corrected chi connectivity index (χ1v) is 8.63. The van der Waals surface area contributed by atoms with Crippen LogP contribution in [0.5, 0.6) is 0 Å². The fourth-order valence-corrected chi connectivity index (χ4v) is 2.53. The van der Waals surface area contributed by atoms with Crippen molar-refractivity contribution in [2.75, 3.05) is 18.6 Å². The Morgan fingerprint density at radius 2 is 1.76 bits per heavy atom. The van der Waals surface area contributed by atoms with Crippen LogP contribution in [0.15, 0.2) is 0 Å². The fourth-order valence-electron chi connectivity index (χ4n) is 1.84. The maximum atomic E-state index is 11.1. The Bertz CT molecular complexity index is 291. The van der Waals surface area contributed by atoms with E-state index in [2.05, 4.69) is 33.0 Å². The van der Waals surface area contributed by atoms with E-state index in [-0.39, 0.29) is 5.54 Å². The SMILES string of the molecule is CCCC(CCCS(C)(=O)=O)CNC(C)(C)C. The highest BCUT2D eigenvalue weighted by molar-refractivity contribution is 7.90. The first-order chi connectivity index (χ1) is 7.64. The molecule has 0 aromatic rings. The second-order valence-electron chi connectivity index (χ2n) is 6.06. The van der Waals surface area contributed by atoms with E-state index < -0.39 is 9.84 Å². The van der Waals surface area contributed by atoms with Crippen LogP contribution in [0.2, 0.25) is 0 Å². The van der Waals surface area contributed by atoms with Crippen molar-refractivity contribution >= 4 is 9.84 Å². The molecule has 0 saturated heterocycles. The van der Waals surface area contributed by atoms with Crippen molar-refractivity contribution in [1.29, 1.82) is 0 Å². The Labute approximate surface area is 107 Å². The van der Waals surface area contributed by atoms with E-state index >= 15 is 0 Å². The summed E-state index contributed by atoms with van der Waals surface area (Å²) in [4.78, 5) is 0. The van der Waals surface area contributed by atoms with Crippen LogP contribution in [0, 0.1) is 5.92 Å². The predicted octanol–water partition coefficient (Wildman–Crippen LogP) is 2.62. The average molecular weight is 263 g/mol. The average Bonchev–Trinajstić information content (AvgIpc) is 2.11. The highest BCUT2D eigenvalue weighted by Gasteiger charge is 2.14. The normalized spacial score (nSPS) is 14.9. The number of hydrogen-bond acceptors (Lipinski definition) is 3. The third kappa shape index (κ3) is 12.2. The zero-order valence-corrected chi connectivity index (χ0v) is 12.9. The second kappa shape index (κ2) is 7.37. The molecular formula is C13H29NO2S. The summed E-state index contributed by atoms with van der Waals surface area (Å²) in [5, 5.41) is 3.50. The summed E-state index contributed by atoms with van der Waals surface area (Å²) >= 11 is 0. The third-order valence-electron chi connectivity index (χ3n) is 2.75. The Balaban J connectivity index is 3.98. The molecule has 4 heteroatoms. The van der Waals surface area contributed by atoms with E-state index in [0.717, 1.165) is 25.8 Å². The van der Waals surface area contributed by atoms with E-state index in [1.807, 2.05) is 0 Å². The van der Waals surface area contributed by atoms with Gasteiger partial charge in [-0.05, 0) is 52.5 Å². The van der Waals surface area contributed by atoms with Gasteiger partial charge >= 0.3 is 0 Å². The molecule has 0 bridgehead atoms. The molecule has 0 radical (unpaired) electrons. The molecule has 0 aliphatic rings. The van der Waals surface area contributed by atoms with Crippen molar-refractivity contribution in [3.63, 3.8) is 0 Å². The van der Waals surface area contributed by atoms with E-state index in [4.69, 9.17) is 0 Å². The van der Waals surface area contributed by atoms with Crippen LogP contribution >= 0.6 is 0 Å². The van der Waals surface area contributed by atoms with Gasteiger partial charge in [-0.25, -0.2) is 8.42 Å².